The number of carbonyl (C=O) groups excluding carboxylic acids is 1. The highest BCUT2D eigenvalue weighted by Crippen LogP contribution is 2.15. The Morgan fingerprint density at radius 2 is 0.839 bits per heavy atom. The molecule has 0 amide bonds. The van der Waals surface area contributed by atoms with Gasteiger partial charge in [-0.15, -0.1) is 0 Å². The summed E-state index contributed by atoms with van der Waals surface area (Å²) in [5.41, 5.74) is 0.651. The first kappa shape index (κ1) is 30.2. The fraction of sp³-hybridized carbons (Fsp3) is 0.897. The molecule has 0 aromatic rings. The standard InChI is InChI=1S/C29H56O2/c1-4-6-8-10-11-12-13-14-15-16-17-18-19-20-21-22-23-25-27-31-29(30)28(3)26-24-9-7-5-2/h3-27H2,1-2H3. The lowest BCUT2D eigenvalue weighted by Crippen LogP contribution is -2.08. The molecule has 2 heteroatoms. The number of ether oxygens (including phenoxy) is 1. The van der Waals surface area contributed by atoms with E-state index in [0.29, 0.717) is 12.2 Å². The Balaban J connectivity index is 3.19. The van der Waals surface area contributed by atoms with E-state index in [4.69, 9.17) is 4.74 Å². The number of esters is 1. The Labute approximate surface area is 196 Å². The predicted molar refractivity (Wildman–Crippen MR) is 138 cm³/mol. The van der Waals surface area contributed by atoms with Gasteiger partial charge in [0.05, 0.1) is 6.61 Å². The number of hydrogen-bond acceptors (Lipinski definition) is 2. The number of rotatable bonds is 25. The summed E-state index contributed by atoms with van der Waals surface area (Å²) in [5, 5.41) is 0. The fourth-order valence-electron chi connectivity index (χ4n) is 4.14. The van der Waals surface area contributed by atoms with Crippen LogP contribution in [0.15, 0.2) is 12.2 Å². The van der Waals surface area contributed by atoms with Crippen LogP contribution >= 0.6 is 0 Å². The van der Waals surface area contributed by atoms with Gasteiger partial charge < -0.3 is 4.74 Å². The number of carbonyl (C=O) groups is 1. The van der Waals surface area contributed by atoms with E-state index in [1.54, 1.807) is 0 Å². The molecule has 0 fully saturated rings. The minimum atomic E-state index is -0.177. The molecule has 0 aliphatic heterocycles. The van der Waals surface area contributed by atoms with Crippen LogP contribution in [0.1, 0.15) is 162 Å². The summed E-state index contributed by atoms with van der Waals surface area (Å²) in [6.07, 6.45) is 30.2. The van der Waals surface area contributed by atoms with Crippen LogP contribution in [-0.4, -0.2) is 12.6 Å². The Morgan fingerprint density at radius 3 is 1.23 bits per heavy atom. The van der Waals surface area contributed by atoms with Gasteiger partial charge in [-0.25, -0.2) is 4.79 Å². The second-order valence-corrected chi connectivity index (χ2v) is 9.56. The average molecular weight is 437 g/mol. The van der Waals surface area contributed by atoms with Crippen LogP contribution in [0.2, 0.25) is 0 Å². The van der Waals surface area contributed by atoms with E-state index < -0.39 is 0 Å². The van der Waals surface area contributed by atoms with Gasteiger partial charge in [-0.2, -0.15) is 0 Å². The molecule has 0 aliphatic rings. The largest absolute Gasteiger partial charge is 0.462 e. The number of unbranched alkanes of at least 4 members (excludes halogenated alkanes) is 20. The third-order valence-corrected chi connectivity index (χ3v) is 6.35. The van der Waals surface area contributed by atoms with Crippen molar-refractivity contribution in [3.8, 4) is 0 Å². The molecule has 0 spiro atoms. The van der Waals surface area contributed by atoms with Gasteiger partial charge in [0.1, 0.15) is 0 Å². The molecule has 0 heterocycles. The molecule has 0 rings (SSSR count). The lowest BCUT2D eigenvalue weighted by molar-refractivity contribution is -0.139. The van der Waals surface area contributed by atoms with Crippen LogP contribution in [0.3, 0.4) is 0 Å². The second-order valence-electron chi connectivity index (χ2n) is 9.56. The molecule has 184 valence electrons. The Morgan fingerprint density at radius 1 is 0.516 bits per heavy atom. The summed E-state index contributed by atoms with van der Waals surface area (Å²) in [6.45, 7) is 8.92. The second kappa shape index (κ2) is 25.5. The maximum absolute atomic E-state index is 11.9. The van der Waals surface area contributed by atoms with Crippen LogP contribution in [0, 0.1) is 0 Å². The summed E-state index contributed by atoms with van der Waals surface area (Å²) in [7, 11) is 0. The topological polar surface area (TPSA) is 26.3 Å². The van der Waals surface area contributed by atoms with Crippen molar-refractivity contribution in [3.63, 3.8) is 0 Å². The van der Waals surface area contributed by atoms with E-state index in [0.717, 1.165) is 19.3 Å². The normalized spacial score (nSPS) is 11.0. The van der Waals surface area contributed by atoms with Gasteiger partial charge in [-0.3, -0.25) is 0 Å². The summed E-state index contributed by atoms with van der Waals surface area (Å²) in [6, 6.07) is 0. The molecular formula is C29H56O2. The smallest absolute Gasteiger partial charge is 0.333 e. The van der Waals surface area contributed by atoms with Gasteiger partial charge in [0.25, 0.3) is 0 Å². The Hall–Kier alpha value is -0.790. The highest BCUT2D eigenvalue weighted by atomic mass is 16.5. The molecule has 0 N–H and O–H groups in total. The third-order valence-electron chi connectivity index (χ3n) is 6.35. The van der Waals surface area contributed by atoms with Crippen LogP contribution in [0.25, 0.3) is 0 Å². The van der Waals surface area contributed by atoms with Crippen molar-refractivity contribution in [2.75, 3.05) is 6.61 Å². The molecule has 0 unspecified atom stereocenters. The van der Waals surface area contributed by atoms with Crippen molar-refractivity contribution >= 4 is 5.97 Å². The van der Waals surface area contributed by atoms with Crippen LogP contribution < -0.4 is 0 Å². The highest BCUT2D eigenvalue weighted by Gasteiger charge is 2.07. The van der Waals surface area contributed by atoms with E-state index in [-0.39, 0.29) is 5.97 Å². The molecule has 0 saturated carbocycles. The molecule has 0 aromatic carbocycles. The zero-order valence-electron chi connectivity index (χ0n) is 21.5. The van der Waals surface area contributed by atoms with Gasteiger partial charge in [-0.1, -0.05) is 149 Å². The average Bonchev–Trinajstić information content (AvgIpc) is 2.78. The SMILES string of the molecule is C=C(CCCCCC)C(=O)OCCCCCCCCCCCCCCCCCCCC. The van der Waals surface area contributed by atoms with E-state index in [2.05, 4.69) is 20.4 Å². The first-order chi connectivity index (χ1) is 15.2. The maximum Gasteiger partial charge on any atom is 0.333 e. The predicted octanol–water partition coefficient (Wildman–Crippen LogP) is 10.1. The van der Waals surface area contributed by atoms with E-state index >= 15 is 0 Å². The molecule has 0 bridgehead atoms. The van der Waals surface area contributed by atoms with Gasteiger partial charge >= 0.3 is 5.97 Å². The van der Waals surface area contributed by atoms with Gasteiger partial charge in [0.15, 0.2) is 0 Å². The van der Waals surface area contributed by atoms with Gasteiger partial charge in [-0.05, 0) is 19.3 Å². The molecule has 0 saturated heterocycles. The summed E-state index contributed by atoms with van der Waals surface area (Å²) >= 11 is 0. The van der Waals surface area contributed by atoms with Crippen LogP contribution in [-0.2, 0) is 9.53 Å². The fourth-order valence-corrected chi connectivity index (χ4v) is 4.14. The Kier molecular flexibility index (Phi) is 24.8. The summed E-state index contributed by atoms with van der Waals surface area (Å²) in [5.74, 6) is -0.177. The van der Waals surface area contributed by atoms with Gasteiger partial charge in [0, 0.05) is 5.57 Å². The maximum atomic E-state index is 11.9. The molecule has 0 aliphatic carbocycles. The van der Waals surface area contributed by atoms with Crippen LogP contribution in [0.4, 0.5) is 0 Å². The van der Waals surface area contributed by atoms with Crippen molar-refractivity contribution in [3.05, 3.63) is 12.2 Å². The molecule has 0 radical (unpaired) electrons. The van der Waals surface area contributed by atoms with Crippen molar-refractivity contribution in [1.82, 2.24) is 0 Å². The third kappa shape index (κ3) is 23.7. The molecule has 2 nitrogen and oxygen atoms in total. The van der Waals surface area contributed by atoms with E-state index in [1.807, 2.05) is 0 Å². The summed E-state index contributed by atoms with van der Waals surface area (Å²) < 4.78 is 5.35. The first-order valence-corrected chi connectivity index (χ1v) is 14.1. The van der Waals surface area contributed by atoms with Crippen molar-refractivity contribution < 1.29 is 9.53 Å². The van der Waals surface area contributed by atoms with Crippen molar-refractivity contribution in [2.24, 2.45) is 0 Å². The zero-order valence-corrected chi connectivity index (χ0v) is 21.5. The highest BCUT2D eigenvalue weighted by molar-refractivity contribution is 5.87. The van der Waals surface area contributed by atoms with Crippen LogP contribution in [0.5, 0.6) is 0 Å². The molecular weight excluding hydrogens is 380 g/mol. The van der Waals surface area contributed by atoms with Crippen molar-refractivity contribution in [1.29, 1.82) is 0 Å². The van der Waals surface area contributed by atoms with E-state index in [1.165, 1.54) is 128 Å². The molecule has 0 aromatic heterocycles. The van der Waals surface area contributed by atoms with Gasteiger partial charge in [0.2, 0.25) is 0 Å². The lowest BCUT2D eigenvalue weighted by Gasteiger charge is -2.07. The minimum Gasteiger partial charge on any atom is -0.462 e. The number of hydrogen-bond donors (Lipinski definition) is 0. The monoisotopic (exact) mass is 436 g/mol. The lowest BCUT2D eigenvalue weighted by atomic mass is 10.0. The first-order valence-electron chi connectivity index (χ1n) is 14.1. The molecule has 0 atom stereocenters. The quantitative estimate of drug-likeness (QED) is 0.0808. The van der Waals surface area contributed by atoms with Crippen molar-refractivity contribution in [2.45, 2.75) is 162 Å². The molecule has 31 heavy (non-hydrogen) atoms. The summed E-state index contributed by atoms with van der Waals surface area (Å²) in [4.78, 5) is 11.9. The Bertz CT molecular complexity index is 388. The van der Waals surface area contributed by atoms with E-state index in [9.17, 15) is 4.79 Å². The minimum absolute atomic E-state index is 0.177. The zero-order chi connectivity index (χ0) is 22.8.